The number of morpholine rings is 1. The van der Waals surface area contributed by atoms with Gasteiger partial charge in [-0.25, -0.2) is 13.2 Å². The molecule has 8 nitrogen and oxygen atoms in total. The van der Waals surface area contributed by atoms with E-state index < -0.39 is 16.0 Å². The van der Waals surface area contributed by atoms with E-state index in [1.54, 1.807) is 4.90 Å². The summed E-state index contributed by atoms with van der Waals surface area (Å²) in [4.78, 5) is 28.2. The average molecular weight is 497 g/mol. The molecule has 0 radical (unpaired) electrons. The predicted octanol–water partition coefficient (Wildman–Crippen LogP) is 3.11. The number of methoxy groups -OCH3 is 1. The van der Waals surface area contributed by atoms with Gasteiger partial charge >= 0.3 is 5.97 Å². The second-order valence-electron chi connectivity index (χ2n) is 9.09. The third-order valence-electron chi connectivity index (χ3n) is 6.49. The maximum atomic E-state index is 13.6. The number of ether oxygens (including phenoxy) is 2. The van der Waals surface area contributed by atoms with E-state index in [0.29, 0.717) is 31.5 Å². The Bertz CT molecular complexity index is 1050. The van der Waals surface area contributed by atoms with Crippen molar-refractivity contribution in [1.29, 1.82) is 0 Å². The molecular formula is C23H32N2O6S2. The Kier molecular flexibility index (Phi) is 7.28. The van der Waals surface area contributed by atoms with E-state index in [9.17, 15) is 18.0 Å². The summed E-state index contributed by atoms with van der Waals surface area (Å²) < 4.78 is 39.3. The molecule has 1 amide bonds. The Balaban J connectivity index is 1.62. The molecule has 1 fully saturated rings. The average Bonchev–Trinajstić information content (AvgIpc) is 3.18. The van der Waals surface area contributed by atoms with Gasteiger partial charge in [-0.1, -0.05) is 11.6 Å². The molecule has 4 rings (SSSR count). The molecule has 1 aromatic heterocycles. The molecule has 0 bridgehead atoms. The first-order chi connectivity index (χ1) is 15.7. The Morgan fingerprint density at radius 3 is 2.55 bits per heavy atom. The number of rotatable bonds is 5. The van der Waals surface area contributed by atoms with Crippen molar-refractivity contribution in [2.24, 2.45) is 0 Å². The fraction of sp³-hybridized carbons (Fsp3) is 0.652. The number of carbonyl (C=O) groups excluding carboxylic acids is 2. The van der Waals surface area contributed by atoms with Crippen LogP contribution in [0.15, 0.2) is 15.9 Å². The zero-order valence-corrected chi connectivity index (χ0v) is 21.1. The zero-order chi connectivity index (χ0) is 23.8. The number of fused-ring (bicyclic) bond motifs is 1. The molecule has 0 unspecified atom stereocenters. The summed E-state index contributed by atoms with van der Waals surface area (Å²) in [6, 6.07) is 0. The number of nitrogens with zero attached hydrogens (tertiary/aromatic N) is 2. The first kappa shape index (κ1) is 24.4. The molecule has 10 heteroatoms. The molecule has 3 heterocycles. The standard InChI is InChI=1S/C23H32N2O6S2/c1-15-12-25(13-16(2)31-15)33(28,29)23-21(22(27)30-3)18-9-10-24(14-19(18)32-23)20(26)11-17-7-5-4-6-8-17/h7,15-16H,4-6,8-14H2,1-3H3/t15-,16+. The molecular weight excluding hydrogens is 464 g/mol. The Labute approximate surface area is 199 Å². The van der Waals surface area contributed by atoms with Crippen molar-refractivity contribution in [1.82, 2.24) is 9.21 Å². The monoisotopic (exact) mass is 496 g/mol. The van der Waals surface area contributed by atoms with Gasteiger partial charge in [0.1, 0.15) is 4.21 Å². The summed E-state index contributed by atoms with van der Waals surface area (Å²) in [6.07, 6.45) is 6.85. The van der Waals surface area contributed by atoms with Crippen LogP contribution < -0.4 is 0 Å². The summed E-state index contributed by atoms with van der Waals surface area (Å²) in [7, 11) is -2.65. The first-order valence-electron chi connectivity index (χ1n) is 11.5. The topological polar surface area (TPSA) is 93.2 Å². The largest absolute Gasteiger partial charge is 0.465 e. The van der Waals surface area contributed by atoms with Crippen LogP contribution in [0.3, 0.4) is 0 Å². The maximum absolute atomic E-state index is 13.6. The third kappa shape index (κ3) is 5.03. The van der Waals surface area contributed by atoms with Crippen LogP contribution in [0.1, 0.15) is 66.8 Å². The molecule has 2 atom stereocenters. The summed E-state index contributed by atoms with van der Waals surface area (Å²) in [6.45, 7) is 4.92. The quantitative estimate of drug-likeness (QED) is 0.459. The molecule has 1 aromatic rings. The maximum Gasteiger partial charge on any atom is 0.340 e. The predicted molar refractivity (Wildman–Crippen MR) is 125 cm³/mol. The number of thiophene rings is 1. The fourth-order valence-electron chi connectivity index (χ4n) is 4.90. The van der Waals surface area contributed by atoms with Gasteiger partial charge in [-0.2, -0.15) is 4.31 Å². The molecule has 3 aliphatic rings. The number of hydrogen-bond acceptors (Lipinski definition) is 7. The van der Waals surface area contributed by atoms with Gasteiger partial charge in [0.05, 0.1) is 31.4 Å². The number of allylic oxidation sites excluding steroid dienone is 1. The lowest BCUT2D eigenvalue weighted by Crippen LogP contribution is -2.48. The van der Waals surface area contributed by atoms with Gasteiger partial charge in [-0.05, 0) is 51.5 Å². The van der Waals surface area contributed by atoms with E-state index in [1.165, 1.54) is 23.4 Å². The van der Waals surface area contributed by atoms with E-state index in [0.717, 1.165) is 35.5 Å². The van der Waals surface area contributed by atoms with Crippen molar-refractivity contribution in [2.45, 2.75) is 75.3 Å². The lowest BCUT2D eigenvalue weighted by molar-refractivity contribution is -0.131. The van der Waals surface area contributed by atoms with Gasteiger partial charge in [0.15, 0.2) is 0 Å². The second-order valence-corrected chi connectivity index (χ2v) is 12.3. The Morgan fingerprint density at radius 2 is 1.91 bits per heavy atom. The minimum Gasteiger partial charge on any atom is -0.465 e. The van der Waals surface area contributed by atoms with E-state index in [2.05, 4.69) is 6.08 Å². The van der Waals surface area contributed by atoms with Crippen LogP contribution in [0.5, 0.6) is 0 Å². The van der Waals surface area contributed by atoms with Crippen LogP contribution in [-0.2, 0) is 37.3 Å². The number of carbonyl (C=O) groups is 2. The van der Waals surface area contributed by atoms with E-state index in [-0.39, 0.29) is 41.0 Å². The van der Waals surface area contributed by atoms with Gasteiger partial charge < -0.3 is 14.4 Å². The van der Waals surface area contributed by atoms with Crippen molar-refractivity contribution < 1.29 is 27.5 Å². The Morgan fingerprint density at radius 1 is 1.18 bits per heavy atom. The van der Waals surface area contributed by atoms with Crippen LogP contribution in [0.4, 0.5) is 0 Å². The van der Waals surface area contributed by atoms with Crippen molar-refractivity contribution in [3.8, 4) is 0 Å². The van der Waals surface area contributed by atoms with Crippen molar-refractivity contribution in [3.05, 3.63) is 27.7 Å². The number of sulfonamides is 1. The van der Waals surface area contributed by atoms with Crippen LogP contribution in [0, 0.1) is 0 Å². The molecule has 2 aliphatic heterocycles. The fourth-order valence-corrected chi connectivity index (χ4v) is 8.53. The minimum absolute atomic E-state index is 0.0185. The third-order valence-corrected chi connectivity index (χ3v) is 10.0. The first-order valence-corrected chi connectivity index (χ1v) is 13.8. The van der Waals surface area contributed by atoms with E-state index >= 15 is 0 Å². The number of amides is 1. The SMILES string of the molecule is COC(=O)c1c(S(=O)(=O)N2C[C@@H](C)O[C@@H](C)C2)sc2c1CCN(C(=O)CC1=CCCCC1)C2. The molecule has 0 aromatic carbocycles. The summed E-state index contributed by atoms with van der Waals surface area (Å²) in [5, 5.41) is 0. The van der Waals surface area contributed by atoms with Crippen molar-refractivity contribution in [2.75, 3.05) is 26.7 Å². The molecule has 1 aliphatic carbocycles. The summed E-state index contributed by atoms with van der Waals surface area (Å²) in [5.74, 6) is -0.588. The zero-order valence-electron chi connectivity index (χ0n) is 19.5. The molecule has 0 spiro atoms. The van der Waals surface area contributed by atoms with Gasteiger partial charge in [0.2, 0.25) is 5.91 Å². The van der Waals surface area contributed by atoms with Gasteiger partial charge in [-0.15, -0.1) is 11.3 Å². The molecule has 0 N–H and O–H groups in total. The van der Waals surface area contributed by atoms with Crippen LogP contribution >= 0.6 is 11.3 Å². The van der Waals surface area contributed by atoms with Crippen molar-refractivity contribution in [3.63, 3.8) is 0 Å². The van der Waals surface area contributed by atoms with Gasteiger partial charge in [0, 0.05) is 30.9 Å². The summed E-state index contributed by atoms with van der Waals surface area (Å²) >= 11 is 1.10. The highest BCUT2D eigenvalue weighted by Crippen LogP contribution is 2.39. The highest BCUT2D eigenvalue weighted by Gasteiger charge is 2.40. The highest BCUT2D eigenvalue weighted by molar-refractivity contribution is 7.91. The van der Waals surface area contributed by atoms with Crippen LogP contribution in [0.2, 0.25) is 0 Å². The van der Waals surface area contributed by atoms with Gasteiger partial charge in [-0.3, -0.25) is 4.79 Å². The number of esters is 1. The normalized spacial score (nSPS) is 24.2. The highest BCUT2D eigenvalue weighted by atomic mass is 32.2. The van der Waals surface area contributed by atoms with Crippen LogP contribution in [-0.4, -0.2) is 68.5 Å². The van der Waals surface area contributed by atoms with E-state index in [4.69, 9.17) is 9.47 Å². The molecule has 1 saturated heterocycles. The van der Waals surface area contributed by atoms with Crippen LogP contribution in [0.25, 0.3) is 0 Å². The van der Waals surface area contributed by atoms with Crippen molar-refractivity contribution >= 4 is 33.2 Å². The second kappa shape index (κ2) is 9.85. The minimum atomic E-state index is -3.91. The number of hydrogen-bond donors (Lipinski definition) is 0. The molecule has 182 valence electrons. The smallest absolute Gasteiger partial charge is 0.340 e. The molecule has 0 saturated carbocycles. The Hall–Kier alpha value is -1.75. The summed E-state index contributed by atoms with van der Waals surface area (Å²) in [5.41, 5.74) is 2.02. The molecule has 33 heavy (non-hydrogen) atoms. The van der Waals surface area contributed by atoms with E-state index in [1.807, 2.05) is 13.8 Å². The lowest BCUT2D eigenvalue weighted by atomic mass is 9.96. The van der Waals surface area contributed by atoms with Gasteiger partial charge in [0.25, 0.3) is 10.0 Å². The lowest BCUT2D eigenvalue weighted by Gasteiger charge is -2.34.